The van der Waals surface area contributed by atoms with Gasteiger partial charge >= 0.3 is 0 Å². The van der Waals surface area contributed by atoms with Crippen LogP contribution in [0.25, 0.3) is 10.9 Å². The van der Waals surface area contributed by atoms with Gasteiger partial charge in [0.05, 0.1) is 0 Å². The van der Waals surface area contributed by atoms with Gasteiger partial charge < -0.3 is 15.6 Å². The fourth-order valence-corrected chi connectivity index (χ4v) is 3.58. The molecule has 2 atom stereocenters. The van der Waals surface area contributed by atoms with Gasteiger partial charge in [0.2, 0.25) is 0 Å². The molecule has 21 heavy (non-hydrogen) atoms. The average molecular weight is 285 g/mol. The van der Waals surface area contributed by atoms with Gasteiger partial charge in [-0.1, -0.05) is 12.5 Å². The highest BCUT2D eigenvalue weighted by molar-refractivity contribution is 5.98. The molecule has 1 amide bonds. The van der Waals surface area contributed by atoms with Crippen molar-refractivity contribution in [2.45, 2.75) is 32.2 Å². The van der Waals surface area contributed by atoms with Crippen LogP contribution in [0.15, 0.2) is 30.5 Å². The monoisotopic (exact) mass is 285 g/mol. The van der Waals surface area contributed by atoms with Crippen LogP contribution < -0.4 is 5.73 Å². The number of carbonyl (C=O) groups excluding carboxylic acids is 1. The molecule has 2 aromatic rings. The number of nitrogens with one attached hydrogen (secondary N) is 1. The lowest BCUT2D eigenvalue weighted by atomic mass is 10.0. The summed E-state index contributed by atoms with van der Waals surface area (Å²) in [6, 6.07) is 8.19. The summed E-state index contributed by atoms with van der Waals surface area (Å²) in [7, 11) is 0. The van der Waals surface area contributed by atoms with Gasteiger partial charge in [-0.3, -0.25) is 4.79 Å². The minimum Gasteiger partial charge on any atom is -0.361 e. The van der Waals surface area contributed by atoms with E-state index in [2.05, 4.69) is 11.9 Å². The third kappa shape index (κ3) is 2.56. The second-order valence-corrected chi connectivity index (χ2v) is 5.86. The molecule has 1 saturated carbocycles. The maximum absolute atomic E-state index is 12.9. The highest BCUT2D eigenvalue weighted by Gasteiger charge is 2.33. The summed E-state index contributed by atoms with van der Waals surface area (Å²) >= 11 is 0. The van der Waals surface area contributed by atoms with E-state index < -0.39 is 0 Å². The van der Waals surface area contributed by atoms with E-state index in [1.165, 1.54) is 6.42 Å². The molecule has 1 aromatic heterocycles. The Hall–Kier alpha value is -1.81. The van der Waals surface area contributed by atoms with E-state index in [0.717, 1.165) is 35.9 Å². The van der Waals surface area contributed by atoms with Gasteiger partial charge in [-0.15, -0.1) is 0 Å². The summed E-state index contributed by atoms with van der Waals surface area (Å²) < 4.78 is 0. The Morgan fingerprint density at radius 3 is 3.00 bits per heavy atom. The van der Waals surface area contributed by atoms with E-state index in [4.69, 9.17) is 5.73 Å². The molecule has 3 N–H and O–H groups in total. The smallest absolute Gasteiger partial charge is 0.254 e. The van der Waals surface area contributed by atoms with Crippen LogP contribution in [0.5, 0.6) is 0 Å². The number of benzene rings is 1. The number of H-pyrrole nitrogens is 1. The molecule has 2 unspecified atom stereocenters. The average Bonchev–Trinajstić information content (AvgIpc) is 3.15. The van der Waals surface area contributed by atoms with Crippen molar-refractivity contribution in [2.24, 2.45) is 11.7 Å². The van der Waals surface area contributed by atoms with Gasteiger partial charge in [0.25, 0.3) is 5.91 Å². The van der Waals surface area contributed by atoms with E-state index >= 15 is 0 Å². The van der Waals surface area contributed by atoms with Crippen LogP contribution in [0.2, 0.25) is 0 Å². The number of hydrogen-bond acceptors (Lipinski definition) is 2. The Balaban J connectivity index is 1.87. The first-order valence-electron chi connectivity index (χ1n) is 7.82. The molecule has 3 rings (SSSR count). The molecular weight excluding hydrogens is 262 g/mol. The number of nitrogens with two attached hydrogens (primary N) is 1. The lowest BCUT2D eigenvalue weighted by molar-refractivity contribution is 0.0652. The number of aromatic nitrogens is 1. The van der Waals surface area contributed by atoms with Crippen LogP contribution >= 0.6 is 0 Å². The molecule has 0 aliphatic heterocycles. The Morgan fingerprint density at radius 2 is 2.24 bits per heavy atom. The zero-order valence-electron chi connectivity index (χ0n) is 12.5. The summed E-state index contributed by atoms with van der Waals surface area (Å²) in [5.74, 6) is 0.572. The second kappa shape index (κ2) is 5.90. The van der Waals surface area contributed by atoms with Crippen molar-refractivity contribution in [1.29, 1.82) is 0 Å². The van der Waals surface area contributed by atoms with E-state index in [9.17, 15) is 4.79 Å². The summed E-state index contributed by atoms with van der Waals surface area (Å²) in [4.78, 5) is 18.0. The first-order chi connectivity index (χ1) is 10.2. The molecule has 112 valence electrons. The van der Waals surface area contributed by atoms with Crippen LogP contribution in [0.4, 0.5) is 0 Å². The predicted octanol–water partition coefficient (Wildman–Crippen LogP) is 2.76. The summed E-state index contributed by atoms with van der Waals surface area (Å²) in [5.41, 5.74) is 7.64. The zero-order chi connectivity index (χ0) is 14.8. The van der Waals surface area contributed by atoms with Crippen molar-refractivity contribution in [2.75, 3.05) is 13.1 Å². The topological polar surface area (TPSA) is 62.1 Å². The molecule has 1 aliphatic rings. The quantitative estimate of drug-likeness (QED) is 0.907. The molecule has 0 spiro atoms. The first-order valence-corrected chi connectivity index (χ1v) is 7.82. The van der Waals surface area contributed by atoms with Gasteiger partial charge in [0, 0.05) is 29.9 Å². The number of carbonyl (C=O) groups is 1. The Labute approximate surface area is 125 Å². The molecule has 0 radical (unpaired) electrons. The molecule has 1 aromatic carbocycles. The predicted molar refractivity (Wildman–Crippen MR) is 85.2 cm³/mol. The van der Waals surface area contributed by atoms with E-state index in [1.54, 1.807) is 0 Å². The molecule has 1 heterocycles. The Bertz CT molecular complexity index is 634. The van der Waals surface area contributed by atoms with Gasteiger partial charge in [-0.25, -0.2) is 0 Å². The van der Waals surface area contributed by atoms with Gasteiger partial charge in [-0.05, 0) is 55.8 Å². The van der Waals surface area contributed by atoms with Crippen LogP contribution in [-0.2, 0) is 0 Å². The fraction of sp³-hybridized carbons (Fsp3) is 0.471. The number of hydrogen-bond donors (Lipinski definition) is 2. The van der Waals surface area contributed by atoms with Crippen LogP contribution in [0.3, 0.4) is 0 Å². The summed E-state index contributed by atoms with van der Waals surface area (Å²) in [6.45, 7) is 3.46. The molecule has 0 saturated heterocycles. The summed E-state index contributed by atoms with van der Waals surface area (Å²) in [6.07, 6.45) is 5.29. The third-order valence-corrected chi connectivity index (χ3v) is 4.73. The molecule has 4 nitrogen and oxygen atoms in total. The van der Waals surface area contributed by atoms with Crippen LogP contribution in [-0.4, -0.2) is 34.9 Å². The molecule has 4 heteroatoms. The molecule has 1 fully saturated rings. The maximum Gasteiger partial charge on any atom is 0.254 e. The first kappa shape index (κ1) is 14.1. The van der Waals surface area contributed by atoms with Gasteiger partial charge in [0.15, 0.2) is 0 Å². The van der Waals surface area contributed by atoms with Crippen molar-refractivity contribution in [3.63, 3.8) is 0 Å². The fourth-order valence-electron chi connectivity index (χ4n) is 3.58. The van der Waals surface area contributed by atoms with Gasteiger partial charge in [-0.2, -0.15) is 0 Å². The van der Waals surface area contributed by atoms with Crippen molar-refractivity contribution in [1.82, 2.24) is 9.88 Å². The Morgan fingerprint density at radius 1 is 1.38 bits per heavy atom. The highest BCUT2D eigenvalue weighted by Crippen LogP contribution is 2.30. The van der Waals surface area contributed by atoms with Crippen molar-refractivity contribution in [3.8, 4) is 0 Å². The van der Waals surface area contributed by atoms with Crippen LogP contribution in [0, 0.1) is 5.92 Å². The Kier molecular flexibility index (Phi) is 3.97. The number of aromatic amines is 1. The standard InChI is InChI=1S/C17H23N3O/c1-2-20(16-5-3-4-14(16)11-18)17(21)13-7-6-12-8-9-19-15(12)10-13/h6-10,14,16,19H,2-5,11,18H2,1H3. The zero-order valence-corrected chi connectivity index (χ0v) is 12.5. The largest absolute Gasteiger partial charge is 0.361 e. The van der Waals surface area contributed by atoms with Crippen molar-refractivity contribution in [3.05, 3.63) is 36.0 Å². The normalized spacial score (nSPS) is 21.8. The molecule has 0 bridgehead atoms. The third-order valence-electron chi connectivity index (χ3n) is 4.73. The highest BCUT2D eigenvalue weighted by atomic mass is 16.2. The summed E-state index contributed by atoms with van der Waals surface area (Å²) in [5, 5.41) is 1.13. The SMILES string of the molecule is CCN(C(=O)c1ccc2cc[nH]c2c1)C1CCCC1CN. The lowest BCUT2D eigenvalue weighted by Crippen LogP contribution is -2.44. The van der Waals surface area contributed by atoms with Crippen molar-refractivity contribution >= 4 is 16.8 Å². The number of amides is 1. The van der Waals surface area contributed by atoms with E-state index in [-0.39, 0.29) is 5.91 Å². The second-order valence-electron chi connectivity index (χ2n) is 5.86. The van der Waals surface area contributed by atoms with Crippen molar-refractivity contribution < 1.29 is 4.79 Å². The molecule has 1 aliphatic carbocycles. The van der Waals surface area contributed by atoms with E-state index in [0.29, 0.717) is 18.5 Å². The van der Waals surface area contributed by atoms with Crippen LogP contribution in [0.1, 0.15) is 36.5 Å². The lowest BCUT2D eigenvalue weighted by Gasteiger charge is -2.32. The van der Waals surface area contributed by atoms with E-state index in [1.807, 2.05) is 35.4 Å². The minimum absolute atomic E-state index is 0.124. The number of rotatable bonds is 4. The number of nitrogens with zero attached hydrogens (tertiary/aromatic N) is 1. The number of fused-ring (bicyclic) bond motifs is 1. The van der Waals surface area contributed by atoms with Gasteiger partial charge in [0.1, 0.15) is 0 Å². The molecular formula is C17H23N3O. The maximum atomic E-state index is 12.9. The minimum atomic E-state index is 0.124.